The number of rotatable bonds is 2. The van der Waals surface area contributed by atoms with Crippen molar-refractivity contribution in [2.45, 2.75) is 77.8 Å². The average molecular weight is 348 g/mol. The van der Waals surface area contributed by atoms with Gasteiger partial charge in [-0.3, -0.25) is 4.79 Å². The number of amides is 3. The van der Waals surface area contributed by atoms with Crippen LogP contribution in [0.15, 0.2) is 0 Å². The van der Waals surface area contributed by atoms with Crippen LogP contribution in [0.25, 0.3) is 0 Å². The second-order valence-corrected chi connectivity index (χ2v) is 9.52. The number of carbonyl (C=O) groups is 2. The lowest BCUT2D eigenvalue weighted by Gasteiger charge is -2.41. The second-order valence-electron chi connectivity index (χ2n) is 9.52. The van der Waals surface area contributed by atoms with Crippen molar-refractivity contribution in [3.05, 3.63) is 0 Å². The monoisotopic (exact) mass is 347 g/mol. The lowest BCUT2D eigenvalue weighted by atomic mass is 9.69. The highest BCUT2D eigenvalue weighted by molar-refractivity contribution is 5.78. The van der Waals surface area contributed by atoms with Crippen LogP contribution in [0.1, 0.15) is 65.7 Å². The number of urea groups is 1. The maximum absolute atomic E-state index is 12.8. The second kappa shape index (κ2) is 5.88. The van der Waals surface area contributed by atoms with E-state index >= 15 is 0 Å². The Balaban J connectivity index is 1.32. The van der Waals surface area contributed by atoms with Crippen molar-refractivity contribution in [1.29, 1.82) is 0 Å². The molecule has 2 aliphatic heterocycles. The molecule has 0 radical (unpaired) electrons. The molecule has 2 heterocycles. The Bertz CT molecular complexity index is 567. The third-order valence-electron chi connectivity index (χ3n) is 8.39. The van der Waals surface area contributed by atoms with E-state index in [2.05, 4.69) is 31.0 Å². The van der Waals surface area contributed by atoms with E-state index < -0.39 is 0 Å². The van der Waals surface area contributed by atoms with Gasteiger partial charge in [0.25, 0.3) is 0 Å². The fourth-order valence-electron chi connectivity index (χ4n) is 6.10. The van der Waals surface area contributed by atoms with Gasteiger partial charge in [0.2, 0.25) is 5.91 Å². The minimum absolute atomic E-state index is 0.112. The molecular formula is C20H33N3O2. The van der Waals surface area contributed by atoms with Gasteiger partial charge in [0, 0.05) is 38.1 Å². The van der Waals surface area contributed by atoms with E-state index in [4.69, 9.17) is 0 Å². The van der Waals surface area contributed by atoms with Crippen molar-refractivity contribution >= 4 is 11.9 Å². The van der Waals surface area contributed by atoms with E-state index in [0.717, 1.165) is 51.2 Å². The molecule has 1 N–H and O–H groups in total. The van der Waals surface area contributed by atoms with Gasteiger partial charge in [0.1, 0.15) is 0 Å². The quantitative estimate of drug-likeness (QED) is 0.835. The zero-order chi connectivity index (χ0) is 17.8. The summed E-state index contributed by atoms with van der Waals surface area (Å²) in [6, 6.07) is 0.769. The van der Waals surface area contributed by atoms with Crippen molar-refractivity contribution in [3.63, 3.8) is 0 Å². The Kier molecular flexibility index (Phi) is 4.04. The van der Waals surface area contributed by atoms with Gasteiger partial charge in [0.05, 0.1) is 0 Å². The molecule has 0 aromatic heterocycles. The van der Waals surface area contributed by atoms with Gasteiger partial charge in [0.15, 0.2) is 0 Å². The van der Waals surface area contributed by atoms with E-state index in [0.29, 0.717) is 29.8 Å². The predicted octanol–water partition coefficient (Wildman–Crippen LogP) is 3.00. The van der Waals surface area contributed by atoms with Crippen molar-refractivity contribution in [2.75, 3.05) is 19.6 Å². The third kappa shape index (κ3) is 2.57. The summed E-state index contributed by atoms with van der Waals surface area (Å²) in [5.41, 5.74) is 0.557. The third-order valence-corrected chi connectivity index (χ3v) is 8.39. The van der Waals surface area contributed by atoms with Crippen molar-refractivity contribution in [1.82, 2.24) is 15.1 Å². The standard InChI is InChI=1S/C20H33N3O2/c1-19(2)14-6-9-20(19,3)16(13-14)21-18(25)22-11-7-15(8-12-22)23-10-4-5-17(23)24/h14-16H,4-13H2,1-3H3,(H,21,25)/t14-,16-,20-/m0/s1. The number of piperidine rings is 1. The Morgan fingerprint density at radius 2 is 1.84 bits per heavy atom. The molecule has 0 aromatic rings. The number of carbonyl (C=O) groups excluding carboxylic acids is 2. The fraction of sp³-hybridized carbons (Fsp3) is 0.900. The van der Waals surface area contributed by atoms with Crippen LogP contribution in [-0.2, 0) is 4.79 Å². The largest absolute Gasteiger partial charge is 0.340 e. The molecule has 0 spiro atoms. The Hall–Kier alpha value is -1.26. The van der Waals surface area contributed by atoms with Crippen LogP contribution in [-0.4, -0.2) is 53.5 Å². The van der Waals surface area contributed by atoms with Gasteiger partial charge in [-0.2, -0.15) is 0 Å². The number of hydrogen-bond acceptors (Lipinski definition) is 2. The first-order valence-electron chi connectivity index (χ1n) is 10.2. The molecule has 3 atom stereocenters. The van der Waals surface area contributed by atoms with Gasteiger partial charge in [-0.15, -0.1) is 0 Å². The van der Waals surface area contributed by atoms with Crippen LogP contribution in [0.4, 0.5) is 4.79 Å². The number of hydrogen-bond donors (Lipinski definition) is 1. The highest BCUT2D eigenvalue weighted by Crippen LogP contribution is 2.65. The molecule has 2 aliphatic carbocycles. The number of likely N-dealkylation sites (tertiary alicyclic amines) is 2. The Labute approximate surface area is 151 Å². The smallest absolute Gasteiger partial charge is 0.317 e. The predicted molar refractivity (Wildman–Crippen MR) is 97.1 cm³/mol. The van der Waals surface area contributed by atoms with Gasteiger partial charge in [-0.05, 0) is 55.3 Å². The van der Waals surface area contributed by atoms with Gasteiger partial charge in [-0.1, -0.05) is 20.8 Å². The maximum atomic E-state index is 12.8. The molecule has 0 aromatic carbocycles. The topological polar surface area (TPSA) is 52.7 Å². The highest BCUT2D eigenvalue weighted by atomic mass is 16.2. The summed E-state index contributed by atoms with van der Waals surface area (Å²) in [5, 5.41) is 3.38. The van der Waals surface area contributed by atoms with E-state index in [1.807, 2.05) is 4.90 Å². The Morgan fingerprint density at radius 1 is 1.12 bits per heavy atom. The van der Waals surface area contributed by atoms with E-state index in [1.54, 1.807) is 0 Å². The summed E-state index contributed by atoms with van der Waals surface area (Å²) < 4.78 is 0. The summed E-state index contributed by atoms with van der Waals surface area (Å²) in [5.74, 6) is 1.05. The van der Waals surface area contributed by atoms with Crippen molar-refractivity contribution < 1.29 is 9.59 Å². The average Bonchev–Trinajstić information content (AvgIpc) is 3.16. The van der Waals surface area contributed by atoms with Crippen LogP contribution in [0.5, 0.6) is 0 Å². The van der Waals surface area contributed by atoms with Crippen LogP contribution >= 0.6 is 0 Å². The summed E-state index contributed by atoms with van der Waals surface area (Å²) >= 11 is 0. The van der Waals surface area contributed by atoms with Crippen LogP contribution in [0.2, 0.25) is 0 Å². The SMILES string of the molecule is CC1(C)[C@H]2CC[C@@]1(C)[C@@H](NC(=O)N1CCC(N3CCCC3=O)CC1)C2. The molecule has 2 bridgehead atoms. The lowest BCUT2D eigenvalue weighted by molar-refractivity contribution is -0.130. The molecule has 5 heteroatoms. The number of nitrogens with one attached hydrogen (secondary N) is 1. The fourth-order valence-corrected chi connectivity index (χ4v) is 6.10. The molecule has 2 saturated carbocycles. The molecular weight excluding hydrogens is 314 g/mol. The molecule has 25 heavy (non-hydrogen) atoms. The van der Waals surface area contributed by atoms with Gasteiger partial charge < -0.3 is 15.1 Å². The van der Waals surface area contributed by atoms with E-state index in [1.165, 1.54) is 12.8 Å². The molecule has 4 fully saturated rings. The van der Waals surface area contributed by atoms with Gasteiger partial charge >= 0.3 is 6.03 Å². The molecule has 140 valence electrons. The van der Waals surface area contributed by atoms with Crippen molar-refractivity contribution in [2.24, 2.45) is 16.7 Å². The molecule has 4 aliphatic rings. The molecule has 2 saturated heterocycles. The van der Waals surface area contributed by atoms with E-state index in [9.17, 15) is 9.59 Å². The molecule has 5 nitrogen and oxygen atoms in total. The van der Waals surface area contributed by atoms with E-state index in [-0.39, 0.29) is 11.4 Å². The van der Waals surface area contributed by atoms with Gasteiger partial charge in [-0.25, -0.2) is 4.79 Å². The van der Waals surface area contributed by atoms with Crippen LogP contribution in [0, 0.1) is 16.7 Å². The zero-order valence-corrected chi connectivity index (χ0v) is 16.0. The lowest BCUT2D eigenvalue weighted by Crippen LogP contribution is -2.54. The maximum Gasteiger partial charge on any atom is 0.317 e. The molecule has 0 unspecified atom stereocenters. The summed E-state index contributed by atoms with van der Waals surface area (Å²) in [4.78, 5) is 28.8. The Morgan fingerprint density at radius 3 is 2.36 bits per heavy atom. The number of fused-ring (bicyclic) bond motifs is 2. The number of nitrogens with zero attached hydrogens (tertiary/aromatic N) is 2. The first-order chi connectivity index (χ1) is 11.8. The zero-order valence-electron chi connectivity index (χ0n) is 16.0. The molecule has 3 amide bonds. The minimum atomic E-state index is 0.112. The van der Waals surface area contributed by atoms with Crippen LogP contribution < -0.4 is 5.32 Å². The minimum Gasteiger partial charge on any atom is -0.340 e. The summed E-state index contributed by atoms with van der Waals surface area (Å²) in [6.07, 6.45) is 7.23. The van der Waals surface area contributed by atoms with Crippen LogP contribution in [0.3, 0.4) is 0 Å². The summed E-state index contributed by atoms with van der Waals surface area (Å²) in [6.45, 7) is 9.60. The summed E-state index contributed by atoms with van der Waals surface area (Å²) in [7, 11) is 0. The van der Waals surface area contributed by atoms with Crippen molar-refractivity contribution in [3.8, 4) is 0 Å². The normalized spacial score (nSPS) is 37.8. The first-order valence-corrected chi connectivity index (χ1v) is 10.2. The molecule has 4 rings (SSSR count). The first kappa shape index (κ1) is 17.2. The highest BCUT2D eigenvalue weighted by Gasteiger charge is 2.61.